The van der Waals surface area contributed by atoms with Gasteiger partial charge in [0.25, 0.3) is 0 Å². The first kappa shape index (κ1) is 16.4. The molecule has 0 heterocycles. The molecule has 1 unspecified atom stereocenters. The summed E-state index contributed by atoms with van der Waals surface area (Å²) in [7, 11) is 0. The predicted molar refractivity (Wildman–Crippen MR) is 84.6 cm³/mol. The summed E-state index contributed by atoms with van der Waals surface area (Å²) in [6, 6.07) is 0. The molecule has 0 saturated heterocycles. The van der Waals surface area contributed by atoms with Crippen molar-refractivity contribution in [3.63, 3.8) is 0 Å². The fraction of sp³-hybridized carbons (Fsp3) is 0.333. The molecular weight excluding hydrogens is 216 g/mol. The summed E-state index contributed by atoms with van der Waals surface area (Å²) >= 11 is 0. The fourth-order valence-corrected chi connectivity index (χ4v) is 1.51. The molecule has 0 nitrogen and oxygen atoms in total. The fourth-order valence-electron chi connectivity index (χ4n) is 1.51. The van der Waals surface area contributed by atoms with Crippen molar-refractivity contribution in [1.29, 1.82) is 0 Å². The summed E-state index contributed by atoms with van der Waals surface area (Å²) < 4.78 is 0. The highest BCUT2D eigenvalue weighted by Crippen LogP contribution is 2.20. The van der Waals surface area contributed by atoms with E-state index in [1.165, 1.54) is 11.1 Å². The summed E-state index contributed by atoms with van der Waals surface area (Å²) in [5, 5.41) is 0. The molecule has 0 fully saturated rings. The Morgan fingerprint density at radius 2 is 1.61 bits per heavy atom. The molecule has 1 atom stereocenters. The summed E-state index contributed by atoms with van der Waals surface area (Å²) in [5.74, 6) is 0.375. The predicted octanol–water partition coefficient (Wildman–Crippen LogP) is 5.78. The average Bonchev–Trinajstić information content (AvgIpc) is 2.35. The maximum absolute atomic E-state index is 4.12. The van der Waals surface area contributed by atoms with Gasteiger partial charge >= 0.3 is 0 Å². The Hall–Kier alpha value is -1.56. The Morgan fingerprint density at radius 1 is 1.00 bits per heavy atom. The molecule has 0 aromatic rings. The van der Waals surface area contributed by atoms with Crippen LogP contribution in [0.1, 0.15) is 34.6 Å². The molecular formula is C18H26. The van der Waals surface area contributed by atoms with Crippen LogP contribution in [-0.4, -0.2) is 0 Å². The Kier molecular flexibility index (Phi) is 8.65. The van der Waals surface area contributed by atoms with E-state index in [9.17, 15) is 0 Å². The zero-order valence-corrected chi connectivity index (χ0v) is 12.4. The second-order valence-corrected chi connectivity index (χ2v) is 4.51. The van der Waals surface area contributed by atoms with Crippen molar-refractivity contribution >= 4 is 0 Å². The summed E-state index contributed by atoms with van der Waals surface area (Å²) in [5.41, 5.74) is 3.74. The highest BCUT2D eigenvalue weighted by Gasteiger charge is 2.05. The van der Waals surface area contributed by atoms with Crippen molar-refractivity contribution in [1.82, 2.24) is 0 Å². The molecule has 0 radical (unpaired) electrons. The molecule has 98 valence electrons. The van der Waals surface area contributed by atoms with Crippen molar-refractivity contribution < 1.29 is 0 Å². The van der Waals surface area contributed by atoms with E-state index < -0.39 is 0 Å². The molecule has 0 heteroatoms. The van der Waals surface area contributed by atoms with E-state index in [-0.39, 0.29) is 0 Å². The van der Waals surface area contributed by atoms with E-state index >= 15 is 0 Å². The van der Waals surface area contributed by atoms with Gasteiger partial charge in [0, 0.05) is 5.92 Å². The third kappa shape index (κ3) is 6.90. The molecule has 0 saturated carbocycles. The first-order valence-corrected chi connectivity index (χ1v) is 6.48. The molecule has 0 rings (SSSR count). The summed E-state index contributed by atoms with van der Waals surface area (Å²) in [6.45, 7) is 14.6. The van der Waals surface area contributed by atoms with Gasteiger partial charge in [-0.25, -0.2) is 0 Å². The van der Waals surface area contributed by atoms with Crippen LogP contribution < -0.4 is 0 Å². The van der Waals surface area contributed by atoms with E-state index in [2.05, 4.69) is 51.7 Å². The van der Waals surface area contributed by atoms with Crippen LogP contribution in [0.25, 0.3) is 0 Å². The van der Waals surface area contributed by atoms with Gasteiger partial charge in [0.2, 0.25) is 0 Å². The average molecular weight is 242 g/mol. The lowest BCUT2D eigenvalue weighted by molar-refractivity contribution is 0.825. The van der Waals surface area contributed by atoms with Crippen LogP contribution >= 0.6 is 0 Å². The molecule has 0 aliphatic heterocycles. The monoisotopic (exact) mass is 242 g/mol. The Morgan fingerprint density at radius 3 is 2.17 bits per heavy atom. The summed E-state index contributed by atoms with van der Waals surface area (Å²) in [6.07, 6.45) is 16.6. The van der Waals surface area contributed by atoms with Crippen LogP contribution in [0.4, 0.5) is 0 Å². The smallest absolute Gasteiger partial charge is 0.00144 e. The first-order chi connectivity index (χ1) is 8.52. The van der Waals surface area contributed by atoms with Gasteiger partial charge in [-0.2, -0.15) is 0 Å². The Balaban J connectivity index is 4.72. The van der Waals surface area contributed by atoms with Crippen LogP contribution in [0.2, 0.25) is 0 Å². The van der Waals surface area contributed by atoms with Gasteiger partial charge in [0.1, 0.15) is 0 Å². The van der Waals surface area contributed by atoms with Gasteiger partial charge in [0.05, 0.1) is 0 Å². The van der Waals surface area contributed by atoms with Crippen LogP contribution in [0.3, 0.4) is 0 Å². The van der Waals surface area contributed by atoms with Gasteiger partial charge in [-0.1, -0.05) is 73.3 Å². The first-order valence-electron chi connectivity index (χ1n) is 6.48. The van der Waals surface area contributed by atoms with Crippen LogP contribution in [0.15, 0.2) is 71.9 Å². The molecule has 0 aliphatic rings. The highest BCUT2D eigenvalue weighted by molar-refractivity contribution is 5.32. The maximum Gasteiger partial charge on any atom is 0.00144 e. The lowest BCUT2D eigenvalue weighted by atomic mass is 9.93. The van der Waals surface area contributed by atoms with Gasteiger partial charge in [-0.3, -0.25) is 0 Å². The zero-order valence-electron chi connectivity index (χ0n) is 12.4. The normalized spacial score (nSPS) is 16.1. The number of hydrogen-bond donors (Lipinski definition) is 0. The molecule has 0 bridgehead atoms. The molecule has 0 aromatic carbocycles. The lowest BCUT2D eigenvalue weighted by Crippen LogP contribution is -1.98. The molecule has 0 amide bonds. The van der Waals surface area contributed by atoms with E-state index in [0.29, 0.717) is 5.92 Å². The van der Waals surface area contributed by atoms with Crippen molar-refractivity contribution in [3.05, 3.63) is 71.9 Å². The number of allylic oxidation sites excluding steroid dienone is 11. The standard InChI is InChI=1S/C18H26/c1-7-9-11-13-16(4)18(6)17(5)14-15(3)12-10-8-2/h7-14,18H,4H2,1-3,5-6H3/b9-7-,10-8+,13-11-,15-12-,17-14+. The van der Waals surface area contributed by atoms with Gasteiger partial charge in [-0.15, -0.1) is 0 Å². The third-order valence-electron chi connectivity index (χ3n) is 2.86. The largest absolute Gasteiger partial charge is 0.0952 e. The van der Waals surface area contributed by atoms with Crippen molar-refractivity contribution in [2.24, 2.45) is 5.92 Å². The van der Waals surface area contributed by atoms with E-state index in [1.54, 1.807) is 0 Å². The van der Waals surface area contributed by atoms with E-state index in [0.717, 1.165) is 5.57 Å². The molecule has 0 aromatic heterocycles. The van der Waals surface area contributed by atoms with Crippen molar-refractivity contribution in [2.75, 3.05) is 0 Å². The second kappa shape index (κ2) is 9.47. The van der Waals surface area contributed by atoms with Crippen molar-refractivity contribution in [2.45, 2.75) is 34.6 Å². The molecule has 0 aliphatic carbocycles. The SMILES string of the molecule is C=C(/C=C\C=C/C)C(C)/C(C)=C/C(C)=C\C=C\C. The quantitative estimate of drug-likeness (QED) is 0.518. The Labute approximate surface area is 113 Å². The maximum atomic E-state index is 4.12. The Bertz CT molecular complexity index is 398. The van der Waals surface area contributed by atoms with E-state index in [1.807, 2.05) is 38.2 Å². The molecule has 0 N–H and O–H groups in total. The second-order valence-electron chi connectivity index (χ2n) is 4.51. The lowest BCUT2D eigenvalue weighted by Gasteiger charge is -2.12. The minimum Gasteiger partial charge on any atom is -0.0952 e. The highest BCUT2D eigenvalue weighted by atomic mass is 14.1. The zero-order chi connectivity index (χ0) is 14.0. The number of hydrogen-bond acceptors (Lipinski definition) is 0. The molecule has 0 spiro atoms. The molecule has 18 heavy (non-hydrogen) atoms. The number of rotatable bonds is 6. The van der Waals surface area contributed by atoms with Gasteiger partial charge in [-0.05, 0) is 33.3 Å². The third-order valence-corrected chi connectivity index (χ3v) is 2.86. The van der Waals surface area contributed by atoms with E-state index in [4.69, 9.17) is 0 Å². The topological polar surface area (TPSA) is 0 Å². The minimum absolute atomic E-state index is 0.375. The van der Waals surface area contributed by atoms with Gasteiger partial charge < -0.3 is 0 Å². The minimum atomic E-state index is 0.375. The van der Waals surface area contributed by atoms with Crippen LogP contribution in [0.5, 0.6) is 0 Å². The van der Waals surface area contributed by atoms with Gasteiger partial charge in [0.15, 0.2) is 0 Å². The van der Waals surface area contributed by atoms with Crippen LogP contribution in [-0.2, 0) is 0 Å². The van der Waals surface area contributed by atoms with Crippen LogP contribution in [0, 0.1) is 5.92 Å². The summed E-state index contributed by atoms with van der Waals surface area (Å²) in [4.78, 5) is 0. The van der Waals surface area contributed by atoms with Crippen molar-refractivity contribution in [3.8, 4) is 0 Å².